The van der Waals surface area contributed by atoms with Gasteiger partial charge >= 0.3 is 0 Å². The molecule has 1 aromatic rings. The molecule has 0 saturated heterocycles. The van der Waals surface area contributed by atoms with Crippen molar-refractivity contribution in [2.24, 2.45) is 5.73 Å². The molecule has 0 fully saturated rings. The van der Waals surface area contributed by atoms with Crippen LogP contribution in [-0.2, 0) is 4.79 Å². The molecule has 68 valence electrons. The van der Waals surface area contributed by atoms with Crippen LogP contribution in [0, 0.1) is 0 Å². The molecule has 0 radical (unpaired) electrons. The van der Waals surface area contributed by atoms with Crippen LogP contribution in [-0.4, -0.2) is 16.1 Å². The molecular formula is C7H7ClN4O. The van der Waals surface area contributed by atoms with Crippen molar-refractivity contribution in [2.75, 3.05) is 5.73 Å². The molecule has 0 bridgehead atoms. The molecule has 6 heteroatoms. The highest BCUT2D eigenvalue weighted by Crippen LogP contribution is 2.13. The Labute approximate surface area is 79.4 Å². The maximum atomic E-state index is 10.4. The highest BCUT2D eigenvalue weighted by Gasteiger charge is 1.99. The van der Waals surface area contributed by atoms with E-state index in [4.69, 9.17) is 23.1 Å². The molecule has 1 amide bonds. The molecule has 5 nitrogen and oxygen atoms in total. The van der Waals surface area contributed by atoms with E-state index in [1.807, 2.05) is 0 Å². The average Bonchev–Trinajstić information content (AvgIpc) is 2.06. The van der Waals surface area contributed by atoms with Gasteiger partial charge in [0.1, 0.15) is 0 Å². The Morgan fingerprint density at radius 3 is 2.85 bits per heavy atom. The minimum atomic E-state index is -0.563. The van der Waals surface area contributed by atoms with Crippen molar-refractivity contribution in [1.82, 2.24) is 10.2 Å². The molecule has 0 saturated carbocycles. The fourth-order valence-corrected chi connectivity index (χ4v) is 0.851. The number of hydrogen-bond acceptors (Lipinski definition) is 4. The van der Waals surface area contributed by atoms with Crippen molar-refractivity contribution in [3.63, 3.8) is 0 Å². The van der Waals surface area contributed by atoms with E-state index in [1.54, 1.807) is 0 Å². The smallest absolute Gasteiger partial charge is 0.241 e. The minimum absolute atomic E-state index is 0.196. The Balaban J connectivity index is 3.00. The summed E-state index contributed by atoms with van der Waals surface area (Å²) in [7, 11) is 0. The summed E-state index contributed by atoms with van der Waals surface area (Å²) in [5.74, 6) is -0.366. The number of rotatable bonds is 2. The van der Waals surface area contributed by atoms with Gasteiger partial charge in [-0.3, -0.25) is 4.79 Å². The number of nitrogens with zero attached hydrogens (tertiary/aromatic N) is 2. The van der Waals surface area contributed by atoms with Crippen LogP contribution in [0.4, 0.5) is 5.82 Å². The van der Waals surface area contributed by atoms with Gasteiger partial charge in [-0.15, -0.1) is 10.2 Å². The Kier molecular flexibility index (Phi) is 2.81. The predicted octanol–water partition coefficient (Wildman–Crippen LogP) is 0.211. The zero-order valence-electron chi connectivity index (χ0n) is 6.57. The first-order valence-electron chi connectivity index (χ1n) is 3.36. The van der Waals surface area contributed by atoms with Gasteiger partial charge in [-0.2, -0.15) is 0 Å². The lowest BCUT2D eigenvalue weighted by Gasteiger charge is -1.96. The third-order valence-electron chi connectivity index (χ3n) is 1.25. The maximum absolute atomic E-state index is 10.4. The quantitative estimate of drug-likeness (QED) is 0.664. The Morgan fingerprint density at radius 1 is 1.54 bits per heavy atom. The van der Waals surface area contributed by atoms with Crippen LogP contribution in [0.25, 0.3) is 6.08 Å². The first-order valence-corrected chi connectivity index (χ1v) is 3.73. The molecular weight excluding hydrogens is 192 g/mol. The molecule has 0 aromatic carbocycles. The lowest BCUT2D eigenvalue weighted by atomic mass is 10.2. The number of carbonyl (C=O) groups excluding carboxylic acids is 1. The molecule has 0 aliphatic heterocycles. The molecule has 0 spiro atoms. The van der Waals surface area contributed by atoms with Crippen LogP contribution in [0.15, 0.2) is 12.1 Å². The fourth-order valence-electron chi connectivity index (χ4n) is 0.696. The third-order valence-corrected chi connectivity index (χ3v) is 1.44. The van der Waals surface area contributed by atoms with E-state index < -0.39 is 5.91 Å². The lowest BCUT2D eigenvalue weighted by molar-refractivity contribution is -0.113. The Hall–Kier alpha value is -1.62. The molecule has 0 aliphatic carbocycles. The van der Waals surface area contributed by atoms with Gasteiger partial charge in [0.2, 0.25) is 5.91 Å². The van der Waals surface area contributed by atoms with E-state index in [0.29, 0.717) is 5.56 Å². The van der Waals surface area contributed by atoms with E-state index >= 15 is 0 Å². The van der Waals surface area contributed by atoms with Crippen molar-refractivity contribution >= 4 is 29.4 Å². The van der Waals surface area contributed by atoms with E-state index in [9.17, 15) is 4.79 Å². The summed E-state index contributed by atoms with van der Waals surface area (Å²) in [6.07, 6.45) is 2.60. The van der Waals surface area contributed by atoms with Gasteiger partial charge in [0.05, 0.1) is 0 Å². The molecule has 1 rings (SSSR count). The largest absolute Gasteiger partial charge is 0.382 e. The highest BCUT2D eigenvalue weighted by atomic mass is 35.5. The van der Waals surface area contributed by atoms with Crippen LogP contribution in [0.2, 0.25) is 5.15 Å². The van der Waals surface area contributed by atoms with Gasteiger partial charge in [-0.05, 0) is 12.1 Å². The van der Waals surface area contributed by atoms with Gasteiger partial charge < -0.3 is 11.5 Å². The Morgan fingerprint density at radius 2 is 2.23 bits per heavy atom. The van der Waals surface area contributed by atoms with Crippen molar-refractivity contribution < 1.29 is 4.79 Å². The topological polar surface area (TPSA) is 94.9 Å². The molecule has 1 heterocycles. The summed E-state index contributed by atoms with van der Waals surface area (Å²) < 4.78 is 0. The number of nitrogen functional groups attached to an aromatic ring is 1. The second-order valence-electron chi connectivity index (χ2n) is 2.24. The molecule has 0 aliphatic rings. The monoisotopic (exact) mass is 198 g/mol. The first-order chi connectivity index (χ1) is 6.09. The standard InChI is InChI=1S/C7H7ClN4O/c8-5-3-4(1-2-6(9)13)7(10)12-11-5/h1-3H,(H2,9,13)(H2,10,12). The van der Waals surface area contributed by atoms with Gasteiger partial charge in [-0.25, -0.2) is 0 Å². The second kappa shape index (κ2) is 3.86. The Bertz CT molecular complexity index is 364. The van der Waals surface area contributed by atoms with E-state index in [2.05, 4.69) is 10.2 Å². The van der Waals surface area contributed by atoms with Crippen LogP contribution >= 0.6 is 11.6 Å². The highest BCUT2D eigenvalue weighted by molar-refractivity contribution is 6.29. The van der Waals surface area contributed by atoms with Crippen molar-refractivity contribution in [1.29, 1.82) is 0 Å². The number of halogens is 1. The fraction of sp³-hybridized carbons (Fsp3) is 0. The van der Waals surface area contributed by atoms with Crippen molar-refractivity contribution in [2.45, 2.75) is 0 Å². The zero-order chi connectivity index (χ0) is 9.84. The minimum Gasteiger partial charge on any atom is -0.382 e. The van der Waals surface area contributed by atoms with Crippen molar-refractivity contribution in [3.8, 4) is 0 Å². The number of aromatic nitrogens is 2. The number of hydrogen-bond donors (Lipinski definition) is 2. The maximum Gasteiger partial charge on any atom is 0.241 e. The summed E-state index contributed by atoms with van der Waals surface area (Å²) >= 11 is 5.55. The zero-order valence-corrected chi connectivity index (χ0v) is 7.32. The van der Waals surface area contributed by atoms with E-state index in [-0.39, 0.29) is 11.0 Å². The van der Waals surface area contributed by atoms with Crippen LogP contribution in [0.3, 0.4) is 0 Å². The van der Waals surface area contributed by atoms with Gasteiger partial charge in [0.15, 0.2) is 11.0 Å². The van der Waals surface area contributed by atoms with Gasteiger partial charge in [-0.1, -0.05) is 11.6 Å². The second-order valence-corrected chi connectivity index (χ2v) is 2.63. The molecule has 1 aromatic heterocycles. The first kappa shape index (κ1) is 9.47. The number of anilines is 1. The van der Waals surface area contributed by atoms with E-state index in [0.717, 1.165) is 0 Å². The third kappa shape index (κ3) is 2.72. The number of nitrogens with two attached hydrogens (primary N) is 2. The lowest BCUT2D eigenvalue weighted by Crippen LogP contribution is -2.05. The summed E-state index contributed by atoms with van der Waals surface area (Å²) in [5, 5.41) is 7.26. The SMILES string of the molecule is NC(=O)C=Cc1cc(Cl)nnc1N. The normalized spacial score (nSPS) is 10.5. The van der Waals surface area contributed by atoms with Gasteiger partial charge in [0.25, 0.3) is 0 Å². The summed E-state index contributed by atoms with van der Waals surface area (Å²) in [4.78, 5) is 10.4. The molecule has 4 N–H and O–H groups in total. The molecule has 0 atom stereocenters. The number of carbonyl (C=O) groups is 1. The predicted molar refractivity (Wildman–Crippen MR) is 49.7 cm³/mol. The summed E-state index contributed by atoms with van der Waals surface area (Å²) in [5.41, 5.74) is 10.8. The number of amides is 1. The van der Waals surface area contributed by atoms with Crippen LogP contribution in [0.1, 0.15) is 5.56 Å². The van der Waals surface area contributed by atoms with Crippen molar-refractivity contribution in [3.05, 3.63) is 22.9 Å². The molecule has 13 heavy (non-hydrogen) atoms. The average molecular weight is 199 g/mol. The van der Waals surface area contributed by atoms with Gasteiger partial charge in [0, 0.05) is 11.6 Å². The number of primary amides is 1. The summed E-state index contributed by atoms with van der Waals surface area (Å²) in [6, 6.07) is 1.49. The molecule has 0 unspecified atom stereocenters. The van der Waals surface area contributed by atoms with E-state index in [1.165, 1.54) is 18.2 Å². The summed E-state index contributed by atoms with van der Waals surface area (Å²) in [6.45, 7) is 0. The van der Waals surface area contributed by atoms with Crippen LogP contribution < -0.4 is 11.5 Å². The van der Waals surface area contributed by atoms with Crippen LogP contribution in [0.5, 0.6) is 0 Å².